The number of thioether (sulfide) groups is 1. The molecular weight excluding hydrogens is 416 g/mol. The number of hydrogen-bond acceptors (Lipinski definition) is 5. The van der Waals surface area contributed by atoms with E-state index in [2.05, 4.69) is 29.4 Å². The van der Waals surface area contributed by atoms with E-state index in [0.717, 1.165) is 48.2 Å². The molecule has 0 radical (unpaired) electrons. The summed E-state index contributed by atoms with van der Waals surface area (Å²) in [6, 6.07) is 20.4. The van der Waals surface area contributed by atoms with Crippen molar-refractivity contribution in [3.05, 3.63) is 77.5 Å². The van der Waals surface area contributed by atoms with E-state index in [1.165, 1.54) is 30.2 Å². The third-order valence-electron chi connectivity index (χ3n) is 6.05. The van der Waals surface area contributed by atoms with Gasteiger partial charge in [0.25, 0.3) is 5.91 Å². The van der Waals surface area contributed by atoms with Crippen molar-refractivity contribution in [2.24, 2.45) is 5.10 Å². The van der Waals surface area contributed by atoms with E-state index in [1.54, 1.807) is 5.01 Å². The minimum atomic E-state index is -0.0304. The molecule has 1 atom stereocenters. The number of carbonyl (C=O) groups excluding carboxylic acids is 1. The van der Waals surface area contributed by atoms with Crippen molar-refractivity contribution in [1.29, 1.82) is 0 Å². The van der Waals surface area contributed by atoms with Crippen LogP contribution in [0.15, 0.2) is 70.9 Å². The van der Waals surface area contributed by atoms with Crippen LogP contribution >= 0.6 is 11.8 Å². The summed E-state index contributed by atoms with van der Waals surface area (Å²) in [5, 5.41) is 6.65. The molecule has 2 aromatic carbocycles. The monoisotopic (exact) mass is 442 g/mol. The summed E-state index contributed by atoms with van der Waals surface area (Å²) in [7, 11) is 0. The van der Waals surface area contributed by atoms with Crippen LogP contribution in [0.4, 0.5) is 0 Å². The van der Waals surface area contributed by atoms with Crippen LogP contribution in [-0.2, 0) is 17.6 Å². The van der Waals surface area contributed by atoms with Gasteiger partial charge in [-0.2, -0.15) is 5.10 Å². The van der Waals surface area contributed by atoms with Crippen LogP contribution in [0.1, 0.15) is 48.5 Å². The second kappa shape index (κ2) is 9.65. The first kappa shape index (κ1) is 20.9. The first-order chi connectivity index (χ1) is 15.8. The fourth-order valence-electron chi connectivity index (χ4n) is 4.45. The van der Waals surface area contributed by atoms with Crippen molar-refractivity contribution in [3.8, 4) is 11.3 Å². The predicted octanol–water partition coefficient (Wildman–Crippen LogP) is 5.46. The van der Waals surface area contributed by atoms with Crippen LogP contribution in [0.5, 0.6) is 0 Å². The molecule has 0 saturated carbocycles. The lowest BCUT2D eigenvalue weighted by molar-refractivity contribution is -0.130. The lowest BCUT2D eigenvalue weighted by atomic mass is 10.0. The lowest BCUT2D eigenvalue weighted by Crippen LogP contribution is -2.28. The Morgan fingerprint density at radius 2 is 1.69 bits per heavy atom. The molecule has 5 rings (SSSR count). The van der Waals surface area contributed by atoms with Gasteiger partial charge in [0.05, 0.1) is 17.5 Å². The van der Waals surface area contributed by atoms with Crippen molar-refractivity contribution >= 4 is 23.9 Å². The van der Waals surface area contributed by atoms with Gasteiger partial charge in [-0.05, 0) is 31.2 Å². The smallest absolute Gasteiger partial charge is 0.253 e. The van der Waals surface area contributed by atoms with Crippen LogP contribution in [0, 0.1) is 0 Å². The fourth-order valence-corrected chi connectivity index (χ4v) is 5.16. The molecule has 1 aliphatic heterocycles. The Kier molecular flexibility index (Phi) is 6.30. The SMILES string of the molecule is O=C(CSc1nc2c(c(-c3ccccc3)n1)CCCCC2)N1N=CCC1c1ccccc1. The Balaban J connectivity index is 1.37. The van der Waals surface area contributed by atoms with Gasteiger partial charge in [-0.3, -0.25) is 4.79 Å². The minimum Gasteiger partial charge on any atom is -0.272 e. The van der Waals surface area contributed by atoms with Crippen molar-refractivity contribution < 1.29 is 4.79 Å². The second-order valence-corrected chi connectivity index (χ2v) is 9.14. The van der Waals surface area contributed by atoms with Crippen LogP contribution in [0.3, 0.4) is 0 Å². The Morgan fingerprint density at radius 3 is 2.50 bits per heavy atom. The normalized spacial score (nSPS) is 17.8. The molecular formula is C26H26N4OS. The van der Waals surface area contributed by atoms with E-state index in [9.17, 15) is 4.79 Å². The zero-order chi connectivity index (χ0) is 21.8. The van der Waals surface area contributed by atoms with Crippen molar-refractivity contribution in [1.82, 2.24) is 15.0 Å². The average Bonchev–Trinajstić information content (AvgIpc) is 3.22. The molecule has 0 N–H and O–H groups in total. The minimum absolute atomic E-state index is 0.0163. The largest absolute Gasteiger partial charge is 0.272 e. The highest BCUT2D eigenvalue weighted by Gasteiger charge is 2.28. The Bertz CT molecular complexity index is 1120. The Morgan fingerprint density at radius 1 is 0.938 bits per heavy atom. The lowest BCUT2D eigenvalue weighted by Gasteiger charge is -2.22. The number of rotatable bonds is 5. The summed E-state index contributed by atoms with van der Waals surface area (Å²) in [5.74, 6) is 0.255. The standard InChI is InChI=1S/C26H26N4OS/c31-24(30-23(16-17-27-30)19-10-4-1-5-11-19)18-32-26-28-22-15-9-3-8-14-21(22)25(29-26)20-12-6-2-7-13-20/h1-2,4-7,10-13,17,23H,3,8-9,14-16,18H2. The molecule has 0 fully saturated rings. The fraction of sp³-hybridized carbons (Fsp3) is 0.308. The number of carbonyl (C=O) groups is 1. The van der Waals surface area contributed by atoms with Gasteiger partial charge >= 0.3 is 0 Å². The van der Waals surface area contributed by atoms with Crippen LogP contribution in [0.2, 0.25) is 0 Å². The number of hydrazone groups is 1. The molecule has 3 aromatic rings. The second-order valence-electron chi connectivity index (χ2n) is 8.19. The number of fused-ring (bicyclic) bond motifs is 1. The van der Waals surface area contributed by atoms with Crippen molar-refractivity contribution in [3.63, 3.8) is 0 Å². The molecule has 0 bridgehead atoms. The highest BCUT2D eigenvalue weighted by molar-refractivity contribution is 7.99. The first-order valence-electron chi connectivity index (χ1n) is 11.3. The quantitative estimate of drug-likeness (QED) is 0.299. The molecule has 1 aliphatic carbocycles. The van der Waals surface area contributed by atoms with Crippen LogP contribution < -0.4 is 0 Å². The molecule has 6 heteroatoms. The molecule has 2 aliphatic rings. The maximum absolute atomic E-state index is 13.0. The first-order valence-corrected chi connectivity index (χ1v) is 12.3. The summed E-state index contributed by atoms with van der Waals surface area (Å²) >= 11 is 1.41. The molecule has 162 valence electrons. The van der Waals surface area contributed by atoms with E-state index < -0.39 is 0 Å². The molecule has 1 amide bonds. The van der Waals surface area contributed by atoms with E-state index >= 15 is 0 Å². The number of nitrogens with zero attached hydrogens (tertiary/aromatic N) is 4. The highest BCUT2D eigenvalue weighted by atomic mass is 32.2. The van der Waals surface area contributed by atoms with Gasteiger partial charge in [0, 0.05) is 29.5 Å². The Labute approximate surface area is 193 Å². The van der Waals surface area contributed by atoms with E-state index in [1.807, 2.05) is 42.6 Å². The summed E-state index contributed by atoms with van der Waals surface area (Å²) in [6.45, 7) is 0. The third kappa shape index (κ3) is 4.46. The van der Waals surface area contributed by atoms with Crippen LogP contribution in [0.25, 0.3) is 11.3 Å². The van der Waals surface area contributed by atoms with Crippen molar-refractivity contribution in [2.75, 3.05) is 5.75 Å². The number of benzene rings is 2. The van der Waals surface area contributed by atoms with Gasteiger partial charge in [0.2, 0.25) is 0 Å². The van der Waals surface area contributed by atoms with Gasteiger partial charge in [-0.1, -0.05) is 78.8 Å². The molecule has 1 unspecified atom stereocenters. The number of aromatic nitrogens is 2. The van der Waals surface area contributed by atoms with E-state index in [-0.39, 0.29) is 17.7 Å². The highest BCUT2D eigenvalue weighted by Crippen LogP contribution is 2.32. The third-order valence-corrected chi connectivity index (χ3v) is 6.89. The zero-order valence-corrected chi connectivity index (χ0v) is 18.8. The average molecular weight is 443 g/mol. The van der Waals surface area contributed by atoms with Gasteiger partial charge < -0.3 is 0 Å². The maximum Gasteiger partial charge on any atom is 0.253 e. The van der Waals surface area contributed by atoms with Gasteiger partial charge in [0.15, 0.2) is 5.16 Å². The number of amides is 1. The predicted molar refractivity (Wildman–Crippen MR) is 129 cm³/mol. The molecule has 1 aromatic heterocycles. The summed E-state index contributed by atoms with van der Waals surface area (Å²) < 4.78 is 0. The van der Waals surface area contributed by atoms with Crippen molar-refractivity contribution in [2.45, 2.75) is 49.7 Å². The molecule has 2 heterocycles. The maximum atomic E-state index is 13.0. The van der Waals surface area contributed by atoms with Gasteiger partial charge in [-0.25, -0.2) is 15.0 Å². The van der Waals surface area contributed by atoms with E-state index in [0.29, 0.717) is 5.16 Å². The number of hydrogen-bond donors (Lipinski definition) is 0. The molecule has 0 spiro atoms. The molecule has 5 nitrogen and oxygen atoms in total. The van der Waals surface area contributed by atoms with E-state index in [4.69, 9.17) is 9.97 Å². The van der Waals surface area contributed by atoms with Crippen LogP contribution in [-0.4, -0.2) is 32.9 Å². The summed E-state index contributed by atoms with van der Waals surface area (Å²) in [5.41, 5.74) is 5.67. The topological polar surface area (TPSA) is 58.5 Å². The number of aryl methyl sites for hydroxylation is 1. The Hall–Kier alpha value is -2.99. The van der Waals surface area contributed by atoms with Gasteiger partial charge in [0.1, 0.15) is 0 Å². The summed E-state index contributed by atoms with van der Waals surface area (Å²) in [6.07, 6.45) is 8.12. The zero-order valence-electron chi connectivity index (χ0n) is 18.0. The summed E-state index contributed by atoms with van der Waals surface area (Å²) in [4.78, 5) is 22.8. The molecule has 0 saturated heterocycles. The molecule has 32 heavy (non-hydrogen) atoms. The van der Waals surface area contributed by atoms with Gasteiger partial charge in [-0.15, -0.1) is 0 Å².